The number of likely N-dealkylation sites (tertiary alicyclic amines) is 2. The Labute approximate surface area is 114 Å². The number of rotatable bonds is 5. The maximum absolute atomic E-state index is 12.1. The van der Waals surface area contributed by atoms with Gasteiger partial charge in [-0.2, -0.15) is 0 Å². The van der Waals surface area contributed by atoms with Gasteiger partial charge in [-0.25, -0.2) is 0 Å². The van der Waals surface area contributed by atoms with Crippen LogP contribution in [0.4, 0.5) is 0 Å². The molecular formula is C14H24N2O3. The molecule has 0 aromatic rings. The van der Waals surface area contributed by atoms with Gasteiger partial charge in [-0.05, 0) is 44.6 Å². The highest BCUT2D eigenvalue weighted by Crippen LogP contribution is 2.21. The number of carbonyl (C=O) groups excluding carboxylic acids is 1. The first-order valence-electron chi connectivity index (χ1n) is 7.37. The third kappa shape index (κ3) is 4.49. The summed E-state index contributed by atoms with van der Waals surface area (Å²) in [4.78, 5) is 26.8. The van der Waals surface area contributed by atoms with E-state index in [-0.39, 0.29) is 12.3 Å². The molecule has 0 saturated carbocycles. The van der Waals surface area contributed by atoms with E-state index in [1.165, 1.54) is 6.42 Å². The molecule has 1 atom stereocenters. The van der Waals surface area contributed by atoms with Gasteiger partial charge in [-0.15, -0.1) is 0 Å². The van der Waals surface area contributed by atoms with Crippen molar-refractivity contribution >= 4 is 11.9 Å². The van der Waals surface area contributed by atoms with Crippen molar-refractivity contribution in [1.29, 1.82) is 0 Å². The van der Waals surface area contributed by atoms with E-state index in [0.717, 1.165) is 51.9 Å². The molecule has 19 heavy (non-hydrogen) atoms. The second-order valence-electron chi connectivity index (χ2n) is 5.76. The topological polar surface area (TPSA) is 60.9 Å². The molecule has 0 aromatic carbocycles. The van der Waals surface area contributed by atoms with Crippen LogP contribution in [0, 0.1) is 5.92 Å². The van der Waals surface area contributed by atoms with Gasteiger partial charge in [0.15, 0.2) is 0 Å². The van der Waals surface area contributed by atoms with Gasteiger partial charge in [0.2, 0.25) is 5.91 Å². The van der Waals surface area contributed by atoms with Crippen molar-refractivity contribution in [3.8, 4) is 0 Å². The molecule has 2 aliphatic rings. The van der Waals surface area contributed by atoms with Crippen LogP contribution in [0.15, 0.2) is 0 Å². The minimum atomic E-state index is -0.720. The summed E-state index contributed by atoms with van der Waals surface area (Å²) in [6, 6.07) is 0. The highest BCUT2D eigenvalue weighted by atomic mass is 16.4. The zero-order valence-electron chi connectivity index (χ0n) is 11.5. The van der Waals surface area contributed by atoms with Crippen LogP contribution in [-0.2, 0) is 9.59 Å². The van der Waals surface area contributed by atoms with Crippen molar-refractivity contribution in [3.63, 3.8) is 0 Å². The molecule has 1 unspecified atom stereocenters. The molecule has 0 radical (unpaired) electrons. The molecule has 0 aliphatic carbocycles. The van der Waals surface area contributed by atoms with Crippen LogP contribution in [0.3, 0.4) is 0 Å². The highest BCUT2D eigenvalue weighted by molar-refractivity contribution is 5.78. The van der Waals surface area contributed by atoms with Gasteiger partial charge in [-0.1, -0.05) is 0 Å². The summed E-state index contributed by atoms with van der Waals surface area (Å²) in [5.74, 6) is -0.0216. The van der Waals surface area contributed by atoms with Gasteiger partial charge in [0, 0.05) is 26.1 Å². The van der Waals surface area contributed by atoms with Gasteiger partial charge in [0.05, 0.1) is 6.54 Å². The molecule has 2 fully saturated rings. The number of carboxylic acids is 1. The molecule has 1 amide bonds. The molecule has 2 aliphatic heterocycles. The molecule has 0 bridgehead atoms. The van der Waals surface area contributed by atoms with Gasteiger partial charge >= 0.3 is 5.97 Å². The Morgan fingerprint density at radius 2 is 1.84 bits per heavy atom. The van der Waals surface area contributed by atoms with Gasteiger partial charge in [0.25, 0.3) is 0 Å². The smallest absolute Gasteiger partial charge is 0.303 e. The van der Waals surface area contributed by atoms with E-state index in [1.807, 2.05) is 4.90 Å². The first-order chi connectivity index (χ1) is 9.15. The number of aliphatic carboxylic acids is 1. The van der Waals surface area contributed by atoms with Crippen molar-refractivity contribution < 1.29 is 14.7 Å². The molecule has 5 nitrogen and oxygen atoms in total. The van der Waals surface area contributed by atoms with E-state index in [9.17, 15) is 9.59 Å². The van der Waals surface area contributed by atoms with Crippen LogP contribution in [0.25, 0.3) is 0 Å². The second kappa shape index (κ2) is 6.89. The predicted octanol–water partition coefficient (Wildman–Crippen LogP) is 1.19. The van der Waals surface area contributed by atoms with Gasteiger partial charge < -0.3 is 10.0 Å². The Morgan fingerprint density at radius 3 is 2.53 bits per heavy atom. The molecule has 5 heteroatoms. The molecule has 0 spiro atoms. The summed E-state index contributed by atoms with van der Waals surface area (Å²) in [6.07, 6.45) is 5.52. The van der Waals surface area contributed by atoms with Crippen LogP contribution < -0.4 is 0 Å². The predicted molar refractivity (Wildman–Crippen MR) is 71.8 cm³/mol. The van der Waals surface area contributed by atoms with Crippen molar-refractivity contribution in [1.82, 2.24) is 9.80 Å². The largest absolute Gasteiger partial charge is 0.481 e. The van der Waals surface area contributed by atoms with Crippen molar-refractivity contribution in [2.75, 3.05) is 32.7 Å². The summed E-state index contributed by atoms with van der Waals surface area (Å²) in [6.45, 7) is 4.16. The summed E-state index contributed by atoms with van der Waals surface area (Å²) in [7, 11) is 0. The SMILES string of the molecule is O=C(O)CCC1CCN(CC(=O)N2CCCCC2)C1. The van der Waals surface area contributed by atoms with E-state index in [1.54, 1.807) is 0 Å². The molecular weight excluding hydrogens is 244 g/mol. The van der Waals surface area contributed by atoms with Crippen LogP contribution in [0.5, 0.6) is 0 Å². The first kappa shape index (κ1) is 14.3. The Bertz CT molecular complexity index is 327. The monoisotopic (exact) mass is 268 g/mol. The third-order valence-electron chi connectivity index (χ3n) is 4.20. The standard InChI is InChI=1S/C14H24N2O3/c17-13(16-7-2-1-3-8-16)11-15-9-6-12(10-15)4-5-14(18)19/h12H,1-11H2,(H,18,19). The zero-order chi connectivity index (χ0) is 13.7. The average molecular weight is 268 g/mol. The Balaban J connectivity index is 1.69. The van der Waals surface area contributed by atoms with E-state index >= 15 is 0 Å². The van der Waals surface area contributed by atoms with Gasteiger partial charge in [0.1, 0.15) is 0 Å². The lowest BCUT2D eigenvalue weighted by atomic mass is 10.0. The number of nitrogens with zero attached hydrogens (tertiary/aromatic N) is 2. The van der Waals surface area contributed by atoms with Crippen molar-refractivity contribution in [2.45, 2.75) is 38.5 Å². The Kier molecular flexibility index (Phi) is 5.19. The third-order valence-corrected chi connectivity index (χ3v) is 4.20. The molecule has 2 saturated heterocycles. The normalized spacial score (nSPS) is 24.6. The number of amides is 1. The number of hydrogen-bond acceptors (Lipinski definition) is 3. The summed E-state index contributed by atoms with van der Waals surface area (Å²) in [5, 5.41) is 8.68. The highest BCUT2D eigenvalue weighted by Gasteiger charge is 2.26. The van der Waals surface area contributed by atoms with Crippen molar-refractivity contribution in [2.24, 2.45) is 5.92 Å². The van der Waals surface area contributed by atoms with E-state index in [0.29, 0.717) is 12.5 Å². The number of hydrogen-bond donors (Lipinski definition) is 1. The number of piperidine rings is 1. The molecule has 2 rings (SSSR count). The van der Waals surface area contributed by atoms with Crippen LogP contribution in [-0.4, -0.2) is 59.5 Å². The lowest BCUT2D eigenvalue weighted by Gasteiger charge is -2.28. The zero-order valence-corrected chi connectivity index (χ0v) is 11.5. The molecule has 108 valence electrons. The Morgan fingerprint density at radius 1 is 1.11 bits per heavy atom. The lowest BCUT2D eigenvalue weighted by molar-refractivity contribution is -0.137. The number of carboxylic acid groups (broad SMARTS) is 1. The molecule has 1 N–H and O–H groups in total. The van der Waals surface area contributed by atoms with Gasteiger partial charge in [-0.3, -0.25) is 14.5 Å². The Hall–Kier alpha value is -1.10. The van der Waals surface area contributed by atoms with E-state index in [4.69, 9.17) is 5.11 Å². The van der Waals surface area contributed by atoms with E-state index < -0.39 is 5.97 Å². The van der Waals surface area contributed by atoms with Crippen LogP contribution in [0.2, 0.25) is 0 Å². The quantitative estimate of drug-likeness (QED) is 0.813. The average Bonchev–Trinajstić information content (AvgIpc) is 2.85. The fraction of sp³-hybridized carbons (Fsp3) is 0.857. The maximum atomic E-state index is 12.1. The minimum absolute atomic E-state index is 0.249. The molecule has 2 heterocycles. The van der Waals surface area contributed by atoms with Crippen LogP contribution in [0.1, 0.15) is 38.5 Å². The number of carbonyl (C=O) groups is 2. The summed E-state index contributed by atoms with van der Waals surface area (Å²) >= 11 is 0. The fourth-order valence-electron chi connectivity index (χ4n) is 3.05. The van der Waals surface area contributed by atoms with E-state index in [2.05, 4.69) is 4.90 Å². The second-order valence-corrected chi connectivity index (χ2v) is 5.76. The summed E-state index contributed by atoms with van der Waals surface area (Å²) < 4.78 is 0. The van der Waals surface area contributed by atoms with Crippen LogP contribution >= 0.6 is 0 Å². The maximum Gasteiger partial charge on any atom is 0.303 e. The summed E-state index contributed by atoms with van der Waals surface area (Å²) in [5.41, 5.74) is 0. The fourth-order valence-corrected chi connectivity index (χ4v) is 3.05. The lowest BCUT2D eigenvalue weighted by Crippen LogP contribution is -2.42. The minimum Gasteiger partial charge on any atom is -0.481 e. The van der Waals surface area contributed by atoms with Crippen molar-refractivity contribution in [3.05, 3.63) is 0 Å². The molecule has 0 aromatic heterocycles. The first-order valence-corrected chi connectivity index (χ1v) is 7.37.